The summed E-state index contributed by atoms with van der Waals surface area (Å²) in [6.07, 6.45) is 0. The summed E-state index contributed by atoms with van der Waals surface area (Å²) >= 11 is 0. The monoisotopic (exact) mass is 349 g/mol. The van der Waals surface area contributed by atoms with Crippen molar-refractivity contribution in [2.45, 2.75) is 6.92 Å². The van der Waals surface area contributed by atoms with Crippen LogP contribution in [0.4, 0.5) is 5.69 Å². The van der Waals surface area contributed by atoms with E-state index in [4.69, 9.17) is 29.4 Å². The number of esters is 1. The molecular formula is C15H24ClNO6. The Labute approximate surface area is 142 Å². The van der Waals surface area contributed by atoms with Crippen molar-refractivity contribution >= 4 is 24.1 Å². The van der Waals surface area contributed by atoms with E-state index in [-0.39, 0.29) is 36.9 Å². The molecule has 23 heavy (non-hydrogen) atoms. The molecule has 0 spiro atoms. The first-order valence-corrected chi connectivity index (χ1v) is 6.98. The van der Waals surface area contributed by atoms with Gasteiger partial charge in [0.15, 0.2) is 11.5 Å². The topological polar surface area (TPSA) is 89.2 Å². The van der Waals surface area contributed by atoms with Crippen LogP contribution in [-0.4, -0.2) is 53.2 Å². The molecule has 7 nitrogen and oxygen atoms in total. The van der Waals surface area contributed by atoms with E-state index in [1.165, 1.54) is 0 Å². The van der Waals surface area contributed by atoms with Crippen LogP contribution in [0.5, 0.6) is 11.5 Å². The minimum absolute atomic E-state index is 0. The van der Waals surface area contributed by atoms with Crippen LogP contribution >= 0.6 is 12.4 Å². The summed E-state index contributed by atoms with van der Waals surface area (Å²) in [7, 11) is 3.15. The number of anilines is 1. The molecule has 0 saturated carbocycles. The van der Waals surface area contributed by atoms with Crippen molar-refractivity contribution < 1.29 is 28.5 Å². The number of rotatable bonds is 10. The van der Waals surface area contributed by atoms with Crippen LogP contribution in [0.1, 0.15) is 17.3 Å². The summed E-state index contributed by atoms with van der Waals surface area (Å²) in [6, 6.07) is 3.18. The molecule has 0 atom stereocenters. The smallest absolute Gasteiger partial charge is 0.340 e. The fourth-order valence-electron chi connectivity index (χ4n) is 1.69. The average Bonchev–Trinajstić information content (AvgIpc) is 2.50. The molecule has 0 fully saturated rings. The number of benzene rings is 1. The van der Waals surface area contributed by atoms with Crippen LogP contribution in [-0.2, 0) is 14.2 Å². The fraction of sp³-hybridized carbons (Fsp3) is 0.533. The van der Waals surface area contributed by atoms with Gasteiger partial charge in [-0.3, -0.25) is 0 Å². The Kier molecular flexibility index (Phi) is 10.9. The first-order valence-electron chi connectivity index (χ1n) is 6.98. The zero-order valence-corrected chi connectivity index (χ0v) is 14.4. The highest BCUT2D eigenvalue weighted by atomic mass is 35.5. The molecular weight excluding hydrogens is 326 g/mol. The molecule has 0 heterocycles. The van der Waals surface area contributed by atoms with Crippen molar-refractivity contribution in [2.24, 2.45) is 0 Å². The van der Waals surface area contributed by atoms with E-state index in [0.29, 0.717) is 31.3 Å². The molecule has 8 heteroatoms. The van der Waals surface area contributed by atoms with E-state index in [1.54, 1.807) is 33.3 Å². The van der Waals surface area contributed by atoms with Crippen LogP contribution < -0.4 is 15.2 Å². The van der Waals surface area contributed by atoms with E-state index in [1.807, 2.05) is 0 Å². The summed E-state index contributed by atoms with van der Waals surface area (Å²) in [5, 5.41) is 0. The van der Waals surface area contributed by atoms with Crippen molar-refractivity contribution in [2.75, 3.05) is 53.0 Å². The maximum atomic E-state index is 11.9. The SMILES string of the molecule is CCOC(=O)c1ccc(OCCOC)c(OCCOC)c1N.Cl. The van der Waals surface area contributed by atoms with E-state index in [9.17, 15) is 4.79 Å². The molecule has 1 aromatic rings. The third-order valence-corrected chi connectivity index (χ3v) is 2.73. The lowest BCUT2D eigenvalue weighted by Gasteiger charge is -2.16. The van der Waals surface area contributed by atoms with Crippen molar-refractivity contribution in [3.63, 3.8) is 0 Å². The number of carbonyl (C=O) groups is 1. The number of hydrogen-bond acceptors (Lipinski definition) is 7. The van der Waals surface area contributed by atoms with Gasteiger partial charge in [0.2, 0.25) is 0 Å². The van der Waals surface area contributed by atoms with Gasteiger partial charge in [0, 0.05) is 14.2 Å². The van der Waals surface area contributed by atoms with Gasteiger partial charge in [-0.25, -0.2) is 4.79 Å². The molecule has 0 amide bonds. The fourth-order valence-corrected chi connectivity index (χ4v) is 1.69. The number of carbonyl (C=O) groups excluding carboxylic acids is 1. The molecule has 132 valence electrons. The molecule has 1 aromatic carbocycles. The van der Waals surface area contributed by atoms with Crippen LogP contribution in [0.15, 0.2) is 12.1 Å². The van der Waals surface area contributed by atoms with Crippen molar-refractivity contribution in [3.8, 4) is 11.5 Å². The lowest BCUT2D eigenvalue weighted by Crippen LogP contribution is -2.13. The molecule has 0 radical (unpaired) electrons. The van der Waals surface area contributed by atoms with Gasteiger partial charge < -0.3 is 29.4 Å². The molecule has 0 aliphatic carbocycles. The number of ether oxygens (including phenoxy) is 5. The van der Waals surface area contributed by atoms with Gasteiger partial charge in [0.05, 0.1) is 31.1 Å². The highest BCUT2D eigenvalue weighted by Crippen LogP contribution is 2.36. The van der Waals surface area contributed by atoms with Crippen molar-refractivity contribution in [1.29, 1.82) is 0 Å². The zero-order chi connectivity index (χ0) is 16.4. The second kappa shape index (κ2) is 11.8. The minimum Gasteiger partial charge on any atom is -0.487 e. The number of nitrogens with two attached hydrogens (primary N) is 1. The zero-order valence-electron chi connectivity index (χ0n) is 13.6. The molecule has 1 rings (SSSR count). The normalized spacial score (nSPS) is 9.87. The first kappa shape index (κ1) is 21.3. The van der Waals surface area contributed by atoms with Gasteiger partial charge in [-0.1, -0.05) is 0 Å². The van der Waals surface area contributed by atoms with Gasteiger partial charge in [0.25, 0.3) is 0 Å². The summed E-state index contributed by atoms with van der Waals surface area (Å²) in [6.45, 7) is 3.44. The van der Waals surface area contributed by atoms with Gasteiger partial charge in [-0.05, 0) is 19.1 Å². The highest BCUT2D eigenvalue weighted by molar-refractivity contribution is 5.97. The molecule has 0 aliphatic heterocycles. The number of hydrogen-bond donors (Lipinski definition) is 1. The molecule has 2 N–H and O–H groups in total. The standard InChI is InChI=1S/C15H23NO6.ClH/c1-4-20-15(17)11-5-6-12(21-9-7-18-2)14(13(11)16)22-10-8-19-3;/h5-6H,4,7-10,16H2,1-3H3;1H. The number of methoxy groups -OCH3 is 2. The summed E-state index contributed by atoms with van der Waals surface area (Å²) in [5.74, 6) is 0.248. The lowest BCUT2D eigenvalue weighted by molar-refractivity contribution is 0.0527. The van der Waals surface area contributed by atoms with Crippen molar-refractivity contribution in [1.82, 2.24) is 0 Å². The molecule has 0 aliphatic rings. The molecule has 0 unspecified atom stereocenters. The average molecular weight is 350 g/mol. The molecule has 0 aromatic heterocycles. The summed E-state index contributed by atoms with van der Waals surface area (Å²) in [4.78, 5) is 11.9. The maximum absolute atomic E-state index is 11.9. The second-order valence-electron chi connectivity index (χ2n) is 4.26. The van der Waals surface area contributed by atoms with Crippen LogP contribution in [0, 0.1) is 0 Å². The first-order chi connectivity index (χ1) is 10.7. The quantitative estimate of drug-likeness (QED) is 0.392. The predicted octanol–water partition coefficient (Wildman–Crippen LogP) is 1.92. The Bertz CT molecular complexity index is 483. The van der Waals surface area contributed by atoms with E-state index in [0.717, 1.165) is 0 Å². The Balaban J connectivity index is 0.00000484. The maximum Gasteiger partial charge on any atom is 0.340 e. The van der Waals surface area contributed by atoms with Gasteiger partial charge in [-0.2, -0.15) is 0 Å². The highest BCUT2D eigenvalue weighted by Gasteiger charge is 2.19. The molecule has 0 bridgehead atoms. The Morgan fingerprint density at radius 3 is 2.22 bits per heavy atom. The molecule has 0 saturated heterocycles. The second-order valence-corrected chi connectivity index (χ2v) is 4.26. The van der Waals surface area contributed by atoms with Gasteiger partial charge in [-0.15, -0.1) is 12.4 Å². The van der Waals surface area contributed by atoms with Crippen LogP contribution in [0.25, 0.3) is 0 Å². The largest absolute Gasteiger partial charge is 0.487 e. The Morgan fingerprint density at radius 2 is 1.65 bits per heavy atom. The van der Waals surface area contributed by atoms with E-state index < -0.39 is 5.97 Å². The number of halogens is 1. The van der Waals surface area contributed by atoms with Crippen molar-refractivity contribution in [3.05, 3.63) is 17.7 Å². The summed E-state index contributed by atoms with van der Waals surface area (Å²) in [5.41, 5.74) is 6.45. The Morgan fingerprint density at radius 1 is 1.04 bits per heavy atom. The van der Waals surface area contributed by atoms with Crippen LogP contribution in [0.2, 0.25) is 0 Å². The third-order valence-electron chi connectivity index (χ3n) is 2.73. The number of nitrogen functional groups attached to an aromatic ring is 1. The lowest BCUT2D eigenvalue weighted by atomic mass is 10.1. The third kappa shape index (κ3) is 6.52. The summed E-state index contributed by atoms with van der Waals surface area (Å²) < 4.78 is 26.0. The van der Waals surface area contributed by atoms with E-state index >= 15 is 0 Å². The Hall–Kier alpha value is -1.70. The van der Waals surface area contributed by atoms with Gasteiger partial charge in [0.1, 0.15) is 13.2 Å². The minimum atomic E-state index is -0.500. The van der Waals surface area contributed by atoms with E-state index in [2.05, 4.69) is 0 Å². The van der Waals surface area contributed by atoms with Crippen LogP contribution in [0.3, 0.4) is 0 Å². The predicted molar refractivity (Wildman–Crippen MR) is 88.8 cm³/mol. The van der Waals surface area contributed by atoms with Gasteiger partial charge >= 0.3 is 5.97 Å².